The van der Waals surface area contributed by atoms with Gasteiger partial charge in [0.05, 0.1) is 10.7 Å². The molecule has 0 saturated carbocycles. The van der Waals surface area contributed by atoms with E-state index in [0.717, 1.165) is 56.5 Å². The Labute approximate surface area is 141 Å². The second-order valence-electron chi connectivity index (χ2n) is 5.83. The third-order valence-corrected chi connectivity index (χ3v) is 4.34. The van der Waals surface area contributed by atoms with E-state index in [-0.39, 0.29) is 0 Å². The number of aromatic nitrogens is 1. The number of piperazine rings is 1. The summed E-state index contributed by atoms with van der Waals surface area (Å²) in [4.78, 5) is 4.82. The van der Waals surface area contributed by atoms with Gasteiger partial charge < -0.3 is 9.26 Å². The van der Waals surface area contributed by atoms with Crippen LogP contribution in [-0.4, -0.2) is 54.3 Å². The Morgan fingerprint density at radius 1 is 1.17 bits per heavy atom. The van der Waals surface area contributed by atoms with Crippen molar-refractivity contribution in [1.82, 2.24) is 15.0 Å². The monoisotopic (exact) mass is 335 g/mol. The number of hydrogen-bond donors (Lipinski definition) is 0. The maximum absolute atomic E-state index is 6.08. The zero-order valence-corrected chi connectivity index (χ0v) is 14.1. The standard InChI is InChI=1S/C17H22ClN3O2/c1-14-12-15(19-23-14)13-21-8-6-20(7-9-21)10-11-22-17-5-3-2-4-16(17)18/h2-5,12H,6-11,13H2,1H3. The van der Waals surface area contributed by atoms with Gasteiger partial charge in [0, 0.05) is 45.3 Å². The molecule has 0 bridgehead atoms. The number of benzene rings is 1. The van der Waals surface area contributed by atoms with Crippen LogP contribution in [0.2, 0.25) is 5.02 Å². The molecule has 0 unspecified atom stereocenters. The molecule has 1 aliphatic rings. The van der Waals surface area contributed by atoms with Crippen LogP contribution in [0, 0.1) is 6.92 Å². The van der Waals surface area contributed by atoms with Gasteiger partial charge in [0.1, 0.15) is 18.1 Å². The molecule has 0 N–H and O–H groups in total. The Kier molecular flexibility index (Phi) is 5.54. The highest BCUT2D eigenvalue weighted by atomic mass is 35.5. The molecule has 3 rings (SSSR count). The maximum atomic E-state index is 6.08. The van der Waals surface area contributed by atoms with Crippen molar-refractivity contribution in [2.75, 3.05) is 39.3 Å². The lowest BCUT2D eigenvalue weighted by Gasteiger charge is -2.34. The van der Waals surface area contributed by atoms with Crippen molar-refractivity contribution < 1.29 is 9.26 Å². The highest BCUT2D eigenvalue weighted by molar-refractivity contribution is 6.32. The lowest BCUT2D eigenvalue weighted by Crippen LogP contribution is -2.47. The summed E-state index contributed by atoms with van der Waals surface area (Å²) in [6, 6.07) is 9.60. The van der Waals surface area contributed by atoms with Gasteiger partial charge in [-0.15, -0.1) is 0 Å². The zero-order chi connectivity index (χ0) is 16.1. The summed E-state index contributed by atoms with van der Waals surface area (Å²) in [6.07, 6.45) is 0. The van der Waals surface area contributed by atoms with Crippen LogP contribution in [-0.2, 0) is 6.54 Å². The normalized spacial score (nSPS) is 16.6. The highest BCUT2D eigenvalue weighted by Crippen LogP contribution is 2.22. The van der Waals surface area contributed by atoms with E-state index in [1.165, 1.54) is 0 Å². The molecule has 2 aromatic rings. The summed E-state index contributed by atoms with van der Waals surface area (Å²) >= 11 is 6.08. The molecule has 5 nitrogen and oxygen atoms in total. The van der Waals surface area contributed by atoms with Crippen molar-refractivity contribution in [3.05, 3.63) is 46.8 Å². The molecule has 1 saturated heterocycles. The van der Waals surface area contributed by atoms with Crippen LogP contribution in [0.4, 0.5) is 0 Å². The molecule has 6 heteroatoms. The van der Waals surface area contributed by atoms with Crippen molar-refractivity contribution in [3.8, 4) is 5.75 Å². The molecule has 0 amide bonds. The van der Waals surface area contributed by atoms with Crippen LogP contribution >= 0.6 is 11.6 Å². The Hall–Kier alpha value is -1.56. The predicted molar refractivity (Wildman–Crippen MR) is 89.9 cm³/mol. The molecular formula is C17H22ClN3O2. The number of para-hydroxylation sites is 1. The van der Waals surface area contributed by atoms with E-state index in [0.29, 0.717) is 11.6 Å². The fraction of sp³-hybridized carbons (Fsp3) is 0.471. The summed E-state index contributed by atoms with van der Waals surface area (Å²) in [5.74, 6) is 1.63. The predicted octanol–water partition coefficient (Wildman–Crippen LogP) is 2.83. The molecule has 0 spiro atoms. The summed E-state index contributed by atoms with van der Waals surface area (Å²) in [5.41, 5.74) is 1.01. The van der Waals surface area contributed by atoms with E-state index in [1.807, 2.05) is 37.3 Å². The quantitative estimate of drug-likeness (QED) is 0.812. The van der Waals surface area contributed by atoms with Gasteiger partial charge in [0.25, 0.3) is 0 Å². The van der Waals surface area contributed by atoms with Gasteiger partial charge in [0.15, 0.2) is 0 Å². The summed E-state index contributed by atoms with van der Waals surface area (Å²) in [6.45, 7) is 8.53. The van der Waals surface area contributed by atoms with Gasteiger partial charge in [0.2, 0.25) is 0 Å². The van der Waals surface area contributed by atoms with Gasteiger partial charge in [-0.3, -0.25) is 9.80 Å². The van der Waals surface area contributed by atoms with Gasteiger partial charge in [-0.05, 0) is 19.1 Å². The molecule has 0 atom stereocenters. The SMILES string of the molecule is Cc1cc(CN2CCN(CCOc3ccccc3Cl)CC2)no1. The Morgan fingerprint density at radius 2 is 1.91 bits per heavy atom. The summed E-state index contributed by atoms with van der Waals surface area (Å²) in [7, 11) is 0. The van der Waals surface area contributed by atoms with E-state index >= 15 is 0 Å². The number of halogens is 1. The molecule has 124 valence electrons. The first-order valence-electron chi connectivity index (χ1n) is 7.95. The maximum Gasteiger partial charge on any atom is 0.137 e. The van der Waals surface area contributed by atoms with Crippen LogP contribution in [0.3, 0.4) is 0 Å². The average molecular weight is 336 g/mol. The number of nitrogens with zero attached hydrogens (tertiary/aromatic N) is 3. The topological polar surface area (TPSA) is 41.7 Å². The third-order valence-electron chi connectivity index (χ3n) is 4.03. The van der Waals surface area contributed by atoms with Crippen molar-refractivity contribution in [3.63, 3.8) is 0 Å². The molecule has 0 radical (unpaired) electrons. The molecule has 1 aromatic heterocycles. The number of rotatable bonds is 6. The van der Waals surface area contributed by atoms with E-state index in [9.17, 15) is 0 Å². The molecule has 23 heavy (non-hydrogen) atoms. The van der Waals surface area contributed by atoms with Crippen LogP contribution < -0.4 is 4.74 Å². The largest absolute Gasteiger partial charge is 0.491 e. The fourth-order valence-corrected chi connectivity index (χ4v) is 2.93. The second kappa shape index (κ2) is 7.81. The van der Waals surface area contributed by atoms with E-state index in [1.54, 1.807) is 0 Å². The minimum absolute atomic E-state index is 0.659. The van der Waals surface area contributed by atoms with Crippen LogP contribution in [0.15, 0.2) is 34.9 Å². The van der Waals surface area contributed by atoms with Crippen molar-refractivity contribution in [2.45, 2.75) is 13.5 Å². The third kappa shape index (κ3) is 4.70. The average Bonchev–Trinajstić information content (AvgIpc) is 2.96. The highest BCUT2D eigenvalue weighted by Gasteiger charge is 2.18. The fourth-order valence-electron chi connectivity index (χ4n) is 2.74. The van der Waals surface area contributed by atoms with Gasteiger partial charge in [-0.25, -0.2) is 0 Å². The minimum atomic E-state index is 0.659. The summed E-state index contributed by atoms with van der Waals surface area (Å²) in [5, 5.41) is 4.72. The molecule has 0 aliphatic carbocycles. The van der Waals surface area contributed by atoms with E-state index in [4.69, 9.17) is 20.9 Å². The number of ether oxygens (including phenoxy) is 1. The van der Waals surface area contributed by atoms with Crippen LogP contribution in [0.5, 0.6) is 5.75 Å². The lowest BCUT2D eigenvalue weighted by molar-refractivity contribution is 0.111. The Balaban J connectivity index is 1.37. The van der Waals surface area contributed by atoms with Crippen LogP contribution in [0.1, 0.15) is 11.5 Å². The molecule has 2 heterocycles. The smallest absolute Gasteiger partial charge is 0.137 e. The van der Waals surface area contributed by atoms with Crippen LogP contribution in [0.25, 0.3) is 0 Å². The van der Waals surface area contributed by atoms with E-state index < -0.39 is 0 Å². The van der Waals surface area contributed by atoms with E-state index in [2.05, 4.69) is 15.0 Å². The lowest BCUT2D eigenvalue weighted by atomic mass is 10.3. The first-order chi connectivity index (χ1) is 11.2. The van der Waals surface area contributed by atoms with Crippen molar-refractivity contribution in [2.24, 2.45) is 0 Å². The minimum Gasteiger partial charge on any atom is -0.491 e. The zero-order valence-electron chi connectivity index (χ0n) is 13.4. The van der Waals surface area contributed by atoms with Gasteiger partial charge in [-0.1, -0.05) is 28.9 Å². The van der Waals surface area contributed by atoms with Crippen molar-refractivity contribution >= 4 is 11.6 Å². The molecule has 1 fully saturated rings. The first kappa shape index (κ1) is 16.3. The Morgan fingerprint density at radius 3 is 2.61 bits per heavy atom. The Bertz CT molecular complexity index is 624. The molecule has 1 aromatic carbocycles. The van der Waals surface area contributed by atoms with Gasteiger partial charge in [-0.2, -0.15) is 0 Å². The number of aryl methyl sites for hydroxylation is 1. The first-order valence-corrected chi connectivity index (χ1v) is 8.33. The number of hydrogen-bond acceptors (Lipinski definition) is 5. The molecule has 1 aliphatic heterocycles. The summed E-state index contributed by atoms with van der Waals surface area (Å²) < 4.78 is 10.9. The molecular weight excluding hydrogens is 314 g/mol. The van der Waals surface area contributed by atoms with Crippen molar-refractivity contribution in [1.29, 1.82) is 0 Å². The second-order valence-corrected chi connectivity index (χ2v) is 6.23. The van der Waals surface area contributed by atoms with Gasteiger partial charge >= 0.3 is 0 Å².